The molecule has 3 atom stereocenters. The van der Waals surface area contributed by atoms with E-state index in [1.807, 2.05) is 54.6 Å². The van der Waals surface area contributed by atoms with E-state index in [4.69, 9.17) is 14.2 Å². The Morgan fingerprint density at radius 1 is 1.20 bits per heavy atom. The highest BCUT2D eigenvalue weighted by Crippen LogP contribution is 2.41. The van der Waals surface area contributed by atoms with E-state index in [0.29, 0.717) is 24.7 Å². The Morgan fingerprint density at radius 2 is 2.00 bits per heavy atom. The number of rotatable bonds is 7. The van der Waals surface area contributed by atoms with E-state index in [2.05, 4.69) is 6.58 Å². The fourth-order valence-corrected chi connectivity index (χ4v) is 3.22. The van der Waals surface area contributed by atoms with Crippen molar-refractivity contribution in [3.8, 4) is 11.5 Å². The van der Waals surface area contributed by atoms with Crippen molar-refractivity contribution in [2.24, 2.45) is 11.8 Å². The van der Waals surface area contributed by atoms with Crippen molar-refractivity contribution in [1.29, 1.82) is 0 Å². The molecule has 1 heterocycles. The molecule has 132 valence electrons. The number of methoxy groups -OCH3 is 1. The predicted octanol–water partition coefficient (Wildman–Crippen LogP) is 3.76. The quantitative estimate of drug-likeness (QED) is 0.780. The number of hydrogen-bond donors (Lipinski definition) is 1. The molecule has 25 heavy (non-hydrogen) atoms. The highest BCUT2D eigenvalue weighted by molar-refractivity contribution is 5.44. The number of aliphatic hydroxyl groups is 1. The van der Waals surface area contributed by atoms with Gasteiger partial charge in [-0.05, 0) is 23.3 Å². The van der Waals surface area contributed by atoms with Crippen molar-refractivity contribution in [1.82, 2.24) is 0 Å². The lowest BCUT2D eigenvalue weighted by atomic mass is 9.88. The molecule has 2 aromatic rings. The van der Waals surface area contributed by atoms with Gasteiger partial charge in [-0.15, -0.1) is 6.58 Å². The Balaban J connectivity index is 1.76. The molecule has 3 rings (SSSR count). The lowest BCUT2D eigenvalue weighted by Crippen LogP contribution is -2.17. The summed E-state index contributed by atoms with van der Waals surface area (Å²) in [5, 5.41) is 9.71. The summed E-state index contributed by atoms with van der Waals surface area (Å²) in [6, 6.07) is 15.8. The van der Waals surface area contributed by atoms with Gasteiger partial charge in [-0.25, -0.2) is 0 Å². The van der Waals surface area contributed by atoms with E-state index < -0.39 is 0 Å². The van der Waals surface area contributed by atoms with Gasteiger partial charge in [-0.2, -0.15) is 0 Å². The average Bonchev–Trinajstić information content (AvgIpc) is 3.10. The summed E-state index contributed by atoms with van der Waals surface area (Å²) in [5.41, 5.74) is 2.08. The van der Waals surface area contributed by atoms with E-state index in [1.54, 1.807) is 7.11 Å². The predicted molar refractivity (Wildman–Crippen MR) is 96.7 cm³/mol. The highest BCUT2D eigenvalue weighted by Gasteiger charge is 2.36. The molecule has 0 saturated carbocycles. The fourth-order valence-electron chi connectivity index (χ4n) is 3.22. The molecule has 0 amide bonds. The van der Waals surface area contributed by atoms with Crippen molar-refractivity contribution in [2.75, 3.05) is 20.3 Å². The maximum absolute atomic E-state index is 9.71. The first-order valence-corrected chi connectivity index (χ1v) is 8.46. The van der Waals surface area contributed by atoms with Gasteiger partial charge in [0.05, 0.1) is 19.8 Å². The topological polar surface area (TPSA) is 47.9 Å². The molecule has 1 aliphatic rings. The van der Waals surface area contributed by atoms with Crippen LogP contribution < -0.4 is 9.47 Å². The van der Waals surface area contributed by atoms with Gasteiger partial charge in [0, 0.05) is 18.4 Å². The van der Waals surface area contributed by atoms with Crippen molar-refractivity contribution in [3.05, 3.63) is 72.3 Å². The van der Waals surface area contributed by atoms with Gasteiger partial charge >= 0.3 is 0 Å². The van der Waals surface area contributed by atoms with Gasteiger partial charge in [0.15, 0.2) is 11.5 Å². The normalized spacial score (nSPS) is 22.6. The molecule has 0 bridgehead atoms. The largest absolute Gasteiger partial charge is 0.493 e. The minimum Gasteiger partial charge on any atom is -0.493 e. The molecule has 4 heteroatoms. The molecule has 0 unspecified atom stereocenters. The first-order chi connectivity index (χ1) is 12.3. The summed E-state index contributed by atoms with van der Waals surface area (Å²) in [7, 11) is 1.63. The molecule has 0 aromatic heterocycles. The molecule has 0 spiro atoms. The number of hydrogen-bond acceptors (Lipinski definition) is 4. The zero-order valence-electron chi connectivity index (χ0n) is 14.4. The second kappa shape index (κ2) is 8.19. The van der Waals surface area contributed by atoms with E-state index in [-0.39, 0.29) is 24.5 Å². The maximum atomic E-state index is 9.71. The van der Waals surface area contributed by atoms with Crippen LogP contribution in [-0.4, -0.2) is 25.4 Å². The van der Waals surface area contributed by atoms with Gasteiger partial charge in [0.2, 0.25) is 0 Å². The Labute approximate surface area is 148 Å². The molecule has 0 radical (unpaired) electrons. The Hall–Kier alpha value is -2.30. The van der Waals surface area contributed by atoms with Gasteiger partial charge < -0.3 is 19.3 Å². The van der Waals surface area contributed by atoms with E-state index in [1.165, 1.54) is 0 Å². The van der Waals surface area contributed by atoms with Crippen LogP contribution in [0.3, 0.4) is 0 Å². The second-order valence-electron chi connectivity index (χ2n) is 6.18. The average molecular weight is 340 g/mol. The Bertz CT molecular complexity index is 698. The van der Waals surface area contributed by atoms with Crippen LogP contribution in [0, 0.1) is 11.8 Å². The molecule has 1 saturated heterocycles. The second-order valence-corrected chi connectivity index (χ2v) is 6.18. The third kappa shape index (κ3) is 3.86. The number of aliphatic hydroxyl groups excluding tert-OH is 1. The minimum atomic E-state index is -0.162. The van der Waals surface area contributed by atoms with Crippen molar-refractivity contribution in [3.63, 3.8) is 0 Å². The summed E-state index contributed by atoms with van der Waals surface area (Å²) in [6.45, 7) is 4.96. The molecule has 4 nitrogen and oxygen atoms in total. The van der Waals surface area contributed by atoms with Gasteiger partial charge in [0.1, 0.15) is 6.61 Å². The van der Waals surface area contributed by atoms with Crippen LogP contribution in [0.2, 0.25) is 0 Å². The van der Waals surface area contributed by atoms with Crippen LogP contribution in [-0.2, 0) is 11.3 Å². The Morgan fingerprint density at radius 3 is 2.68 bits per heavy atom. The molecule has 1 N–H and O–H groups in total. The highest BCUT2D eigenvalue weighted by atomic mass is 16.5. The molecular formula is C21H24O4. The first-order valence-electron chi connectivity index (χ1n) is 8.46. The fraction of sp³-hybridized carbons (Fsp3) is 0.333. The third-order valence-electron chi connectivity index (χ3n) is 4.67. The lowest BCUT2D eigenvalue weighted by Gasteiger charge is -2.20. The van der Waals surface area contributed by atoms with Crippen LogP contribution in [0.1, 0.15) is 17.2 Å². The SMILES string of the molecule is C=C[C@@H]1CO[C@@H](c2ccc(OCc3ccccc3)c(OC)c2)[C@@H]1CO. The molecule has 1 aliphatic heterocycles. The van der Waals surface area contributed by atoms with Crippen molar-refractivity contribution < 1.29 is 19.3 Å². The molecule has 1 fully saturated rings. The van der Waals surface area contributed by atoms with Crippen molar-refractivity contribution in [2.45, 2.75) is 12.7 Å². The minimum absolute atomic E-state index is 0.0123. The maximum Gasteiger partial charge on any atom is 0.161 e. The van der Waals surface area contributed by atoms with Gasteiger partial charge in [-0.1, -0.05) is 42.5 Å². The van der Waals surface area contributed by atoms with Crippen LogP contribution in [0.5, 0.6) is 11.5 Å². The Kier molecular flexibility index (Phi) is 5.74. The first kappa shape index (κ1) is 17.5. The molecular weight excluding hydrogens is 316 g/mol. The number of ether oxygens (including phenoxy) is 3. The zero-order valence-corrected chi connectivity index (χ0v) is 14.4. The van der Waals surface area contributed by atoms with Crippen LogP contribution in [0.25, 0.3) is 0 Å². The lowest BCUT2D eigenvalue weighted by molar-refractivity contribution is 0.0717. The summed E-state index contributed by atoms with van der Waals surface area (Å²) < 4.78 is 17.3. The van der Waals surface area contributed by atoms with Crippen LogP contribution in [0.15, 0.2) is 61.2 Å². The van der Waals surface area contributed by atoms with E-state index in [9.17, 15) is 5.11 Å². The summed E-state index contributed by atoms with van der Waals surface area (Å²) in [5.74, 6) is 1.53. The van der Waals surface area contributed by atoms with Gasteiger partial charge in [0.25, 0.3) is 0 Å². The summed E-state index contributed by atoms with van der Waals surface area (Å²) in [4.78, 5) is 0. The number of benzene rings is 2. The smallest absolute Gasteiger partial charge is 0.161 e. The van der Waals surface area contributed by atoms with E-state index in [0.717, 1.165) is 11.1 Å². The summed E-state index contributed by atoms with van der Waals surface area (Å²) in [6.07, 6.45) is 1.69. The van der Waals surface area contributed by atoms with Crippen molar-refractivity contribution >= 4 is 0 Å². The monoisotopic (exact) mass is 340 g/mol. The third-order valence-corrected chi connectivity index (χ3v) is 4.67. The molecule has 0 aliphatic carbocycles. The van der Waals surface area contributed by atoms with Gasteiger partial charge in [-0.3, -0.25) is 0 Å². The zero-order chi connectivity index (χ0) is 17.6. The molecule has 2 aromatic carbocycles. The van der Waals surface area contributed by atoms with E-state index >= 15 is 0 Å². The standard InChI is InChI=1S/C21H24O4/c1-3-16-14-25-21(18(16)12-22)17-9-10-19(20(11-17)23-2)24-13-15-7-5-4-6-8-15/h3-11,16,18,21-22H,1,12-14H2,2H3/t16-,18-,21+/m1/s1. The van der Waals surface area contributed by atoms with Crippen LogP contribution >= 0.6 is 0 Å². The van der Waals surface area contributed by atoms with Crippen LogP contribution in [0.4, 0.5) is 0 Å². The summed E-state index contributed by atoms with van der Waals surface area (Å²) >= 11 is 0.